The Kier molecular flexibility index (Phi) is 2.40. The van der Waals surface area contributed by atoms with Gasteiger partial charge in [-0.1, -0.05) is 0 Å². The number of nitrogens with one attached hydrogen (secondary N) is 2. The van der Waals surface area contributed by atoms with Crippen molar-refractivity contribution in [3.05, 3.63) is 35.8 Å². The molecule has 2 aromatic rings. The molecule has 1 aromatic carbocycles. The van der Waals surface area contributed by atoms with Gasteiger partial charge in [0, 0.05) is 23.1 Å². The Morgan fingerprint density at radius 2 is 2.31 bits per heavy atom. The first-order valence-electron chi connectivity index (χ1n) is 5.82. The molecular weight excluding hydrogens is 203 g/mol. The molecule has 1 aromatic heterocycles. The largest absolute Gasteiger partial charge is 0.361 e. The molecule has 0 amide bonds. The second kappa shape index (κ2) is 3.91. The van der Waals surface area contributed by atoms with Crippen LogP contribution in [-0.2, 0) is 6.42 Å². The SMILES string of the molecule is Fc1ccc2c(CC3CCCN3)c[nH]c2c1. The van der Waals surface area contributed by atoms with Gasteiger partial charge in [0.15, 0.2) is 0 Å². The highest BCUT2D eigenvalue weighted by Crippen LogP contribution is 2.22. The van der Waals surface area contributed by atoms with Crippen LogP contribution in [0.4, 0.5) is 4.39 Å². The summed E-state index contributed by atoms with van der Waals surface area (Å²) in [6.45, 7) is 1.13. The lowest BCUT2D eigenvalue weighted by Crippen LogP contribution is -2.23. The summed E-state index contributed by atoms with van der Waals surface area (Å²) < 4.78 is 13.0. The maximum Gasteiger partial charge on any atom is 0.125 e. The Morgan fingerprint density at radius 3 is 3.12 bits per heavy atom. The van der Waals surface area contributed by atoms with E-state index in [1.165, 1.54) is 24.5 Å². The van der Waals surface area contributed by atoms with Crippen molar-refractivity contribution in [3.63, 3.8) is 0 Å². The van der Waals surface area contributed by atoms with Gasteiger partial charge in [0.2, 0.25) is 0 Å². The summed E-state index contributed by atoms with van der Waals surface area (Å²) in [5.74, 6) is -0.181. The Morgan fingerprint density at radius 1 is 1.38 bits per heavy atom. The van der Waals surface area contributed by atoms with Crippen molar-refractivity contribution in [1.29, 1.82) is 0 Å². The third kappa shape index (κ3) is 1.71. The van der Waals surface area contributed by atoms with E-state index in [2.05, 4.69) is 10.3 Å². The van der Waals surface area contributed by atoms with Gasteiger partial charge in [-0.15, -0.1) is 0 Å². The van der Waals surface area contributed by atoms with Gasteiger partial charge in [-0.05, 0) is 49.6 Å². The molecule has 3 rings (SSSR count). The van der Waals surface area contributed by atoms with Crippen molar-refractivity contribution in [1.82, 2.24) is 10.3 Å². The number of fused-ring (bicyclic) bond motifs is 1. The van der Waals surface area contributed by atoms with Crippen LogP contribution in [-0.4, -0.2) is 17.6 Å². The lowest BCUT2D eigenvalue weighted by molar-refractivity contribution is 0.605. The van der Waals surface area contributed by atoms with Crippen LogP contribution in [0.15, 0.2) is 24.4 Å². The van der Waals surface area contributed by atoms with Gasteiger partial charge in [-0.3, -0.25) is 0 Å². The lowest BCUT2D eigenvalue weighted by atomic mass is 10.0. The minimum atomic E-state index is -0.181. The third-order valence-electron chi connectivity index (χ3n) is 3.36. The standard InChI is InChI=1S/C13H15FN2/c14-10-3-4-12-9(8-16-13(12)7-10)6-11-2-1-5-15-11/h3-4,7-8,11,15-16H,1-2,5-6H2. The Labute approximate surface area is 93.9 Å². The summed E-state index contributed by atoms with van der Waals surface area (Å²) in [6.07, 6.45) is 5.55. The zero-order valence-corrected chi connectivity index (χ0v) is 9.09. The van der Waals surface area contributed by atoms with Crippen molar-refractivity contribution in [2.24, 2.45) is 0 Å². The summed E-state index contributed by atoms with van der Waals surface area (Å²) >= 11 is 0. The van der Waals surface area contributed by atoms with Crippen LogP contribution >= 0.6 is 0 Å². The van der Waals surface area contributed by atoms with E-state index >= 15 is 0 Å². The van der Waals surface area contributed by atoms with Gasteiger partial charge in [0.25, 0.3) is 0 Å². The molecule has 0 bridgehead atoms. The predicted octanol–water partition coefficient (Wildman–Crippen LogP) is 2.60. The molecule has 1 atom stereocenters. The van der Waals surface area contributed by atoms with Gasteiger partial charge in [-0.2, -0.15) is 0 Å². The Balaban J connectivity index is 1.91. The molecule has 1 saturated heterocycles. The summed E-state index contributed by atoms with van der Waals surface area (Å²) in [6, 6.07) is 5.54. The first kappa shape index (κ1) is 9.85. The van der Waals surface area contributed by atoms with E-state index in [4.69, 9.17) is 0 Å². The fourth-order valence-corrected chi connectivity index (χ4v) is 2.52. The van der Waals surface area contributed by atoms with E-state index in [1.54, 1.807) is 6.07 Å². The molecule has 1 unspecified atom stereocenters. The van der Waals surface area contributed by atoms with Crippen molar-refractivity contribution < 1.29 is 4.39 Å². The van der Waals surface area contributed by atoms with E-state index in [0.29, 0.717) is 6.04 Å². The normalized spacial score (nSPS) is 20.7. The number of benzene rings is 1. The zero-order chi connectivity index (χ0) is 11.0. The van der Waals surface area contributed by atoms with Crippen LogP contribution in [0.1, 0.15) is 18.4 Å². The maximum atomic E-state index is 13.0. The second-order valence-electron chi connectivity index (χ2n) is 4.50. The van der Waals surface area contributed by atoms with Crippen LogP contribution in [0.5, 0.6) is 0 Å². The molecule has 1 fully saturated rings. The van der Waals surface area contributed by atoms with Crippen LogP contribution < -0.4 is 5.32 Å². The first-order chi connectivity index (χ1) is 7.83. The van der Waals surface area contributed by atoms with E-state index in [0.717, 1.165) is 23.9 Å². The minimum absolute atomic E-state index is 0.181. The van der Waals surface area contributed by atoms with Gasteiger partial charge >= 0.3 is 0 Å². The molecule has 2 N–H and O–H groups in total. The molecule has 2 nitrogen and oxygen atoms in total. The number of halogens is 1. The summed E-state index contributed by atoms with van der Waals surface area (Å²) in [7, 11) is 0. The van der Waals surface area contributed by atoms with Gasteiger partial charge in [0.05, 0.1) is 0 Å². The number of hydrogen-bond acceptors (Lipinski definition) is 1. The molecule has 3 heteroatoms. The average molecular weight is 218 g/mol. The highest BCUT2D eigenvalue weighted by atomic mass is 19.1. The lowest BCUT2D eigenvalue weighted by Gasteiger charge is -2.08. The maximum absolute atomic E-state index is 13.0. The fraction of sp³-hybridized carbons (Fsp3) is 0.385. The average Bonchev–Trinajstić information content (AvgIpc) is 2.89. The quantitative estimate of drug-likeness (QED) is 0.796. The zero-order valence-electron chi connectivity index (χ0n) is 9.09. The smallest absolute Gasteiger partial charge is 0.125 e. The van der Waals surface area contributed by atoms with Crippen molar-refractivity contribution >= 4 is 10.9 Å². The fourth-order valence-electron chi connectivity index (χ4n) is 2.52. The first-order valence-corrected chi connectivity index (χ1v) is 5.82. The molecular formula is C13H15FN2. The van der Waals surface area contributed by atoms with Crippen LogP contribution in [0.2, 0.25) is 0 Å². The van der Waals surface area contributed by atoms with Crippen LogP contribution in [0, 0.1) is 5.82 Å². The monoisotopic (exact) mass is 218 g/mol. The highest BCUT2D eigenvalue weighted by Gasteiger charge is 2.16. The van der Waals surface area contributed by atoms with Gasteiger partial charge in [-0.25, -0.2) is 4.39 Å². The molecule has 84 valence electrons. The minimum Gasteiger partial charge on any atom is -0.361 e. The number of rotatable bonds is 2. The molecule has 2 heterocycles. The predicted molar refractivity (Wildman–Crippen MR) is 63.0 cm³/mol. The Bertz CT molecular complexity index is 498. The molecule has 0 saturated carbocycles. The number of aromatic amines is 1. The van der Waals surface area contributed by atoms with E-state index in [9.17, 15) is 4.39 Å². The van der Waals surface area contributed by atoms with E-state index in [1.807, 2.05) is 12.3 Å². The second-order valence-corrected chi connectivity index (χ2v) is 4.50. The van der Waals surface area contributed by atoms with Crippen molar-refractivity contribution in [3.8, 4) is 0 Å². The number of aromatic nitrogens is 1. The third-order valence-corrected chi connectivity index (χ3v) is 3.36. The molecule has 0 spiro atoms. The molecule has 1 aliphatic rings. The summed E-state index contributed by atoms with van der Waals surface area (Å²) in [4.78, 5) is 3.14. The topological polar surface area (TPSA) is 27.8 Å². The van der Waals surface area contributed by atoms with Gasteiger partial charge in [0.1, 0.15) is 5.82 Å². The van der Waals surface area contributed by atoms with Crippen molar-refractivity contribution in [2.75, 3.05) is 6.54 Å². The number of H-pyrrole nitrogens is 1. The van der Waals surface area contributed by atoms with E-state index < -0.39 is 0 Å². The molecule has 0 radical (unpaired) electrons. The van der Waals surface area contributed by atoms with Crippen LogP contribution in [0.3, 0.4) is 0 Å². The van der Waals surface area contributed by atoms with Crippen LogP contribution in [0.25, 0.3) is 10.9 Å². The molecule has 0 aliphatic carbocycles. The number of hydrogen-bond donors (Lipinski definition) is 2. The summed E-state index contributed by atoms with van der Waals surface area (Å²) in [5, 5.41) is 4.63. The van der Waals surface area contributed by atoms with Gasteiger partial charge < -0.3 is 10.3 Å². The Hall–Kier alpha value is -1.35. The van der Waals surface area contributed by atoms with Crippen molar-refractivity contribution in [2.45, 2.75) is 25.3 Å². The molecule has 1 aliphatic heterocycles. The summed E-state index contributed by atoms with van der Waals surface area (Å²) in [5.41, 5.74) is 2.18. The van der Waals surface area contributed by atoms with E-state index in [-0.39, 0.29) is 5.82 Å². The molecule has 16 heavy (non-hydrogen) atoms. The highest BCUT2D eigenvalue weighted by molar-refractivity contribution is 5.83.